The molecule has 0 radical (unpaired) electrons. The molecule has 0 unspecified atom stereocenters. The second-order valence-corrected chi connectivity index (χ2v) is 9.34. The Morgan fingerprint density at radius 3 is 2.71 bits per heavy atom. The zero-order valence-electron chi connectivity index (χ0n) is 18.8. The number of carbonyl (C=O) groups excluding carboxylic acids is 1. The smallest absolute Gasteiger partial charge is 0.396 e. The van der Waals surface area contributed by atoms with Crippen molar-refractivity contribution < 1.29 is 23.1 Å². The van der Waals surface area contributed by atoms with Gasteiger partial charge in [0.05, 0.1) is 29.3 Å². The molecule has 35 heavy (non-hydrogen) atoms. The van der Waals surface area contributed by atoms with E-state index in [-0.39, 0.29) is 18.4 Å². The van der Waals surface area contributed by atoms with Gasteiger partial charge in [-0.15, -0.1) is 0 Å². The van der Waals surface area contributed by atoms with Crippen molar-refractivity contribution in [2.45, 2.75) is 12.6 Å². The van der Waals surface area contributed by atoms with E-state index in [0.29, 0.717) is 44.0 Å². The molecular weight excluding hydrogens is 457 g/mol. The van der Waals surface area contributed by atoms with Crippen molar-refractivity contribution in [2.24, 2.45) is 11.3 Å². The lowest BCUT2D eigenvalue weighted by atomic mass is 9.74. The lowest BCUT2D eigenvalue weighted by molar-refractivity contribution is -0.137. The van der Waals surface area contributed by atoms with Gasteiger partial charge in [-0.1, -0.05) is 24.3 Å². The highest BCUT2D eigenvalue weighted by molar-refractivity contribution is 5.95. The highest BCUT2D eigenvalue weighted by Gasteiger charge is 2.51. The van der Waals surface area contributed by atoms with Gasteiger partial charge in [-0.2, -0.15) is 18.4 Å². The minimum atomic E-state index is -4.64. The summed E-state index contributed by atoms with van der Waals surface area (Å²) in [6.45, 7) is 1.37. The van der Waals surface area contributed by atoms with Crippen LogP contribution in [0.3, 0.4) is 0 Å². The van der Waals surface area contributed by atoms with E-state index < -0.39 is 22.7 Å². The molecule has 2 saturated heterocycles. The van der Waals surface area contributed by atoms with Crippen molar-refractivity contribution >= 4 is 22.5 Å². The molecule has 3 heterocycles. The van der Waals surface area contributed by atoms with Crippen LogP contribution in [0.2, 0.25) is 0 Å². The molecule has 2 atom stereocenters. The van der Waals surface area contributed by atoms with E-state index in [9.17, 15) is 23.1 Å². The van der Waals surface area contributed by atoms with E-state index in [2.05, 4.69) is 4.98 Å². The minimum absolute atomic E-state index is 0.0219. The fourth-order valence-corrected chi connectivity index (χ4v) is 5.39. The Balaban J connectivity index is 1.39. The summed E-state index contributed by atoms with van der Waals surface area (Å²) < 4.78 is 40.4. The number of nitrogens with zero attached hydrogens (tertiary/aromatic N) is 4. The molecular formula is C26H23F3N4O2. The number of hydrogen-bond donors (Lipinski definition) is 1. The van der Waals surface area contributed by atoms with Crippen LogP contribution in [0, 0.1) is 22.7 Å². The monoisotopic (exact) mass is 480 g/mol. The van der Waals surface area contributed by atoms with E-state index in [1.165, 1.54) is 12.1 Å². The molecule has 5 rings (SSSR count). The van der Waals surface area contributed by atoms with Crippen molar-refractivity contribution in [1.29, 1.82) is 5.26 Å². The average molecular weight is 480 g/mol. The molecule has 0 spiro atoms. The van der Waals surface area contributed by atoms with Gasteiger partial charge in [0.1, 0.15) is 5.69 Å². The predicted molar refractivity (Wildman–Crippen MR) is 124 cm³/mol. The molecule has 2 aliphatic heterocycles. The zero-order valence-corrected chi connectivity index (χ0v) is 18.8. The lowest BCUT2D eigenvalue weighted by Gasteiger charge is -2.44. The summed E-state index contributed by atoms with van der Waals surface area (Å²) in [5.74, 6) is -0.198. The van der Waals surface area contributed by atoms with Crippen LogP contribution < -0.4 is 4.90 Å². The third-order valence-corrected chi connectivity index (χ3v) is 7.28. The maximum atomic E-state index is 13.5. The van der Waals surface area contributed by atoms with E-state index in [1.807, 2.05) is 35.2 Å². The number of benzene rings is 2. The summed E-state index contributed by atoms with van der Waals surface area (Å²) in [7, 11) is 0. The number of carbonyl (C=O) groups is 1. The first kappa shape index (κ1) is 23.1. The highest BCUT2D eigenvalue weighted by Crippen LogP contribution is 2.44. The fraction of sp³-hybridized carbons (Fsp3) is 0.346. The summed E-state index contributed by atoms with van der Waals surface area (Å²) in [6.07, 6.45) is -4.02. The summed E-state index contributed by atoms with van der Waals surface area (Å²) in [5.41, 5.74) is -0.647. The number of rotatable bonds is 3. The third-order valence-electron chi connectivity index (χ3n) is 7.28. The predicted octanol–water partition coefficient (Wildman–Crippen LogP) is 4.09. The number of pyridine rings is 1. The van der Waals surface area contributed by atoms with Crippen LogP contribution in [0.1, 0.15) is 28.0 Å². The normalized spacial score (nSPS) is 22.2. The number of alkyl halides is 3. The van der Waals surface area contributed by atoms with E-state index in [0.717, 1.165) is 17.0 Å². The number of hydrogen-bond acceptors (Lipinski definition) is 5. The molecule has 1 amide bonds. The largest absolute Gasteiger partial charge is 0.417 e. The van der Waals surface area contributed by atoms with Gasteiger partial charge in [-0.3, -0.25) is 4.79 Å². The number of likely N-dealkylation sites (tertiary alicyclic amines) is 1. The molecule has 0 aliphatic carbocycles. The Hall–Kier alpha value is -3.64. The Kier molecular flexibility index (Phi) is 5.64. The van der Waals surface area contributed by atoms with Crippen LogP contribution in [0.25, 0.3) is 10.9 Å². The van der Waals surface area contributed by atoms with Gasteiger partial charge in [0.25, 0.3) is 5.91 Å². The van der Waals surface area contributed by atoms with Gasteiger partial charge in [0.2, 0.25) is 0 Å². The van der Waals surface area contributed by atoms with Crippen LogP contribution in [-0.4, -0.2) is 53.7 Å². The van der Waals surface area contributed by atoms with Gasteiger partial charge in [-0.05, 0) is 42.7 Å². The molecule has 3 aromatic rings. The standard InChI is InChI=1S/C26H23F3N4O2/c27-26(28,29)21-11-20(7-5-18(21)12-30)32-10-9-19-13-33(15-25(19,14-32)16-34)24(35)23-8-6-17-3-1-2-4-22(17)31-23/h1-8,11,19,34H,9-10,13-16H2/t19-,25+/m1/s1. The van der Waals surface area contributed by atoms with Crippen molar-refractivity contribution in [2.75, 3.05) is 37.7 Å². The maximum Gasteiger partial charge on any atom is 0.417 e. The second-order valence-electron chi connectivity index (χ2n) is 9.34. The third kappa shape index (κ3) is 4.08. The van der Waals surface area contributed by atoms with Crippen molar-refractivity contribution in [3.8, 4) is 6.07 Å². The van der Waals surface area contributed by atoms with E-state index in [1.54, 1.807) is 17.0 Å². The Morgan fingerprint density at radius 2 is 1.97 bits per heavy atom. The first-order chi connectivity index (χ1) is 16.7. The highest BCUT2D eigenvalue weighted by atomic mass is 19.4. The van der Waals surface area contributed by atoms with Crippen molar-refractivity contribution in [3.05, 3.63) is 71.4 Å². The van der Waals surface area contributed by atoms with Gasteiger partial charge >= 0.3 is 6.18 Å². The van der Waals surface area contributed by atoms with Gasteiger partial charge in [-0.25, -0.2) is 4.98 Å². The molecule has 0 bridgehead atoms. The number of piperidine rings is 1. The fourth-order valence-electron chi connectivity index (χ4n) is 5.39. The number of aromatic nitrogens is 1. The lowest BCUT2D eigenvalue weighted by Crippen LogP contribution is -2.51. The number of fused-ring (bicyclic) bond motifs is 2. The number of para-hydroxylation sites is 1. The summed E-state index contributed by atoms with van der Waals surface area (Å²) in [5, 5.41) is 20.4. The molecule has 2 aliphatic rings. The topological polar surface area (TPSA) is 80.5 Å². The number of amides is 1. The molecule has 9 heteroatoms. The summed E-state index contributed by atoms with van der Waals surface area (Å²) >= 11 is 0. The van der Waals surface area contributed by atoms with Crippen LogP contribution in [0.4, 0.5) is 18.9 Å². The van der Waals surface area contributed by atoms with E-state index in [4.69, 9.17) is 5.26 Å². The Morgan fingerprint density at radius 1 is 1.17 bits per heavy atom. The number of halogens is 3. The zero-order chi connectivity index (χ0) is 24.8. The number of anilines is 1. The molecule has 1 N–H and O–H groups in total. The minimum Gasteiger partial charge on any atom is -0.396 e. The maximum absolute atomic E-state index is 13.5. The quantitative estimate of drug-likeness (QED) is 0.611. The molecule has 2 fully saturated rings. The van der Waals surface area contributed by atoms with Crippen LogP contribution in [0.15, 0.2) is 54.6 Å². The Bertz CT molecular complexity index is 1340. The van der Waals surface area contributed by atoms with Crippen LogP contribution >= 0.6 is 0 Å². The molecule has 2 aromatic carbocycles. The molecule has 6 nitrogen and oxygen atoms in total. The van der Waals surface area contributed by atoms with E-state index >= 15 is 0 Å². The summed E-state index contributed by atoms with van der Waals surface area (Å²) in [6, 6.07) is 16.4. The average Bonchev–Trinajstić information content (AvgIpc) is 3.26. The Labute approximate surface area is 200 Å². The first-order valence-electron chi connectivity index (χ1n) is 11.4. The van der Waals surface area contributed by atoms with Gasteiger partial charge < -0.3 is 14.9 Å². The number of aliphatic hydroxyl groups is 1. The number of aliphatic hydroxyl groups excluding tert-OH is 1. The van der Waals surface area contributed by atoms with Gasteiger partial charge in [0.15, 0.2) is 0 Å². The van der Waals surface area contributed by atoms with Crippen LogP contribution in [0.5, 0.6) is 0 Å². The number of nitriles is 1. The van der Waals surface area contributed by atoms with Crippen molar-refractivity contribution in [1.82, 2.24) is 9.88 Å². The van der Waals surface area contributed by atoms with Crippen molar-refractivity contribution in [3.63, 3.8) is 0 Å². The molecule has 180 valence electrons. The summed E-state index contributed by atoms with van der Waals surface area (Å²) in [4.78, 5) is 21.3. The molecule has 1 aromatic heterocycles. The first-order valence-corrected chi connectivity index (χ1v) is 11.4. The SMILES string of the molecule is N#Cc1ccc(N2CC[C@@H]3CN(C(=O)c4ccc5ccccc5n4)C[C@]3(CO)C2)cc1C(F)(F)F. The second kappa shape index (κ2) is 8.54. The molecule has 0 saturated carbocycles. The van der Waals surface area contributed by atoms with Crippen LogP contribution in [-0.2, 0) is 6.18 Å². The van der Waals surface area contributed by atoms with Gasteiger partial charge in [0, 0.05) is 42.7 Å².